The van der Waals surface area contributed by atoms with Crippen LogP contribution in [0.4, 0.5) is 0 Å². The van der Waals surface area contributed by atoms with Gasteiger partial charge in [-0.15, -0.1) is 0 Å². The van der Waals surface area contributed by atoms with Crippen molar-refractivity contribution in [2.24, 2.45) is 0 Å². The summed E-state index contributed by atoms with van der Waals surface area (Å²) in [5, 5.41) is 18.2. The lowest BCUT2D eigenvalue weighted by molar-refractivity contribution is -0.138. The van der Waals surface area contributed by atoms with Crippen molar-refractivity contribution in [2.45, 2.75) is 20.4 Å². The van der Waals surface area contributed by atoms with Gasteiger partial charge in [0.15, 0.2) is 0 Å². The number of likely N-dealkylation sites (N-methyl/N-ethyl adjacent to an activating group) is 1. The van der Waals surface area contributed by atoms with E-state index in [1.807, 2.05) is 26.0 Å². The minimum atomic E-state index is -0.838. The molecule has 0 saturated carbocycles. The molecule has 0 fully saturated rings. The average molecular weight is 223 g/mol. The molecule has 0 aliphatic heterocycles. The normalized spacial score (nSPS) is 10.8. The fraction of sp³-hybridized carbons (Fsp3) is 0.417. The maximum atomic E-state index is 10.5. The van der Waals surface area contributed by atoms with Gasteiger partial charge in [-0.3, -0.25) is 9.69 Å². The van der Waals surface area contributed by atoms with Crippen molar-refractivity contribution in [3.8, 4) is 5.75 Å². The number of hydrogen-bond donors (Lipinski definition) is 2. The number of aliphatic carboxylic acids is 1. The zero-order valence-electron chi connectivity index (χ0n) is 9.82. The van der Waals surface area contributed by atoms with E-state index >= 15 is 0 Å². The molecular formula is C12H17NO3. The maximum Gasteiger partial charge on any atom is 0.317 e. The van der Waals surface area contributed by atoms with E-state index in [0.717, 1.165) is 16.7 Å². The van der Waals surface area contributed by atoms with Gasteiger partial charge in [-0.05, 0) is 37.6 Å². The first-order valence-corrected chi connectivity index (χ1v) is 5.09. The summed E-state index contributed by atoms with van der Waals surface area (Å²) in [6.45, 7) is 4.25. The van der Waals surface area contributed by atoms with Crippen LogP contribution in [0.3, 0.4) is 0 Å². The van der Waals surface area contributed by atoms with E-state index in [2.05, 4.69) is 0 Å². The van der Waals surface area contributed by atoms with Gasteiger partial charge in [0.05, 0.1) is 6.54 Å². The highest BCUT2D eigenvalue weighted by Gasteiger charge is 2.08. The topological polar surface area (TPSA) is 60.8 Å². The first-order chi connectivity index (χ1) is 7.40. The summed E-state index contributed by atoms with van der Waals surface area (Å²) in [6.07, 6.45) is 0. The smallest absolute Gasteiger partial charge is 0.317 e. The van der Waals surface area contributed by atoms with E-state index in [4.69, 9.17) is 5.11 Å². The Morgan fingerprint density at radius 1 is 1.31 bits per heavy atom. The molecule has 1 aromatic rings. The SMILES string of the molecule is Cc1cc(CN(C)CC(=O)O)cc(C)c1O. The van der Waals surface area contributed by atoms with E-state index < -0.39 is 5.97 Å². The number of benzene rings is 1. The van der Waals surface area contributed by atoms with Crippen molar-refractivity contribution in [3.63, 3.8) is 0 Å². The summed E-state index contributed by atoms with van der Waals surface area (Å²) in [5.41, 5.74) is 2.65. The number of aromatic hydroxyl groups is 1. The molecule has 4 heteroatoms. The number of phenols is 1. The number of carbonyl (C=O) groups is 1. The summed E-state index contributed by atoms with van der Waals surface area (Å²) in [6, 6.07) is 3.75. The summed E-state index contributed by atoms with van der Waals surface area (Å²) in [4.78, 5) is 12.2. The fourth-order valence-electron chi connectivity index (χ4n) is 1.74. The maximum absolute atomic E-state index is 10.5. The van der Waals surface area contributed by atoms with E-state index in [9.17, 15) is 9.90 Å². The molecule has 0 spiro atoms. The zero-order valence-corrected chi connectivity index (χ0v) is 9.82. The lowest BCUT2D eigenvalue weighted by Gasteiger charge is -2.15. The van der Waals surface area contributed by atoms with Crippen LogP contribution in [0.5, 0.6) is 5.75 Å². The van der Waals surface area contributed by atoms with Crippen molar-refractivity contribution in [1.29, 1.82) is 0 Å². The van der Waals surface area contributed by atoms with Gasteiger partial charge in [-0.25, -0.2) is 0 Å². The zero-order chi connectivity index (χ0) is 12.3. The molecule has 1 aromatic carbocycles. The van der Waals surface area contributed by atoms with E-state index in [0.29, 0.717) is 12.3 Å². The molecule has 0 aliphatic carbocycles. The van der Waals surface area contributed by atoms with Crippen LogP contribution in [0, 0.1) is 13.8 Å². The van der Waals surface area contributed by atoms with Gasteiger partial charge in [0.2, 0.25) is 0 Å². The molecule has 0 saturated heterocycles. The Labute approximate surface area is 95.1 Å². The second-order valence-corrected chi connectivity index (χ2v) is 4.14. The molecule has 1 rings (SSSR count). The largest absolute Gasteiger partial charge is 0.507 e. The van der Waals surface area contributed by atoms with Crippen molar-refractivity contribution in [2.75, 3.05) is 13.6 Å². The molecule has 0 aliphatic rings. The van der Waals surface area contributed by atoms with Gasteiger partial charge >= 0.3 is 5.97 Å². The van der Waals surface area contributed by atoms with Crippen LogP contribution in [-0.2, 0) is 11.3 Å². The molecule has 2 N–H and O–H groups in total. The van der Waals surface area contributed by atoms with Crippen LogP contribution >= 0.6 is 0 Å². The Kier molecular flexibility index (Phi) is 3.90. The van der Waals surface area contributed by atoms with Crippen LogP contribution in [0.1, 0.15) is 16.7 Å². The molecule has 88 valence electrons. The third-order valence-electron chi connectivity index (χ3n) is 2.41. The Balaban J connectivity index is 2.78. The predicted octanol–water partition coefficient (Wildman–Crippen LogP) is 1.53. The first-order valence-electron chi connectivity index (χ1n) is 5.09. The number of carboxylic acid groups (broad SMARTS) is 1. The molecule has 0 heterocycles. The number of hydrogen-bond acceptors (Lipinski definition) is 3. The van der Waals surface area contributed by atoms with Gasteiger partial charge in [-0.1, -0.05) is 12.1 Å². The van der Waals surface area contributed by atoms with Gasteiger partial charge in [0.25, 0.3) is 0 Å². The molecule has 0 unspecified atom stereocenters. The highest BCUT2D eigenvalue weighted by atomic mass is 16.4. The molecule has 0 radical (unpaired) electrons. The van der Waals surface area contributed by atoms with Crippen LogP contribution in [0.2, 0.25) is 0 Å². The second kappa shape index (κ2) is 4.99. The molecule has 0 amide bonds. The summed E-state index contributed by atoms with van der Waals surface area (Å²) in [7, 11) is 1.76. The van der Waals surface area contributed by atoms with Crippen molar-refractivity contribution in [1.82, 2.24) is 4.90 Å². The number of nitrogens with zero attached hydrogens (tertiary/aromatic N) is 1. The minimum Gasteiger partial charge on any atom is -0.507 e. The molecular weight excluding hydrogens is 206 g/mol. The Morgan fingerprint density at radius 2 is 1.81 bits per heavy atom. The molecule has 0 aromatic heterocycles. The van der Waals surface area contributed by atoms with Crippen molar-refractivity contribution >= 4 is 5.97 Å². The van der Waals surface area contributed by atoms with Crippen LogP contribution in [-0.4, -0.2) is 34.7 Å². The Hall–Kier alpha value is -1.55. The second-order valence-electron chi connectivity index (χ2n) is 4.14. The first kappa shape index (κ1) is 12.5. The third-order valence-corrected chi connectivity index (χ3v) is 2.41. The minimum absolute atomic E-state index is 0.0129. The molecule has 0 bridgehead atoms. The van der Waals surface area contributed by atoms with Gasteiger partial charge in [0, 0.05) is 6.54 Å². The number of phenolic OH excluding ortho intramolecular Hbond substituents is 1. The number of aryl methyl sites for hydroxylation is 2. The van der Waals surface area contributed by atoms with Crippen molar-refractivity contribution < 1.29 is 15.0 Å². The standard InChI is InChI=1S/C12H17NO3/c1-8-4-10(5-9(2)12(8)16)6-13(3)7-11(14)15/h4-5,16H,6-7H2,1-3H3,(H,14,15). The summed E-state index contributed by atoms with van der Waals surface area (Å²) >= 11 is 0. The highest BCUT2D eigenvalue weighted by Crippen LogP contribution is 2.23. The van der Waals surface area contributed by atoms with Crippen molar-refractivity contribution in [3.05, 3.63) is 28.8 Å². The molecule has 4 nitrogen and oxygen atoms in total. The fourth-order valence-corrected chi connectivity index (χ4v) is 1.74. The van der Waals surface area contributed by atoms with E-state index in [-0.39, 0.29) is 6.54 Å². The Morgan fingerprint density at radius 3 is 2.25 bits per heavy atom. The molecule has 0 atom stereocenters. The van der Waals surface area contributed by atoms with Gasteiger partial charge < -0.3 is 10.2 Å². The Bertz CT molecular complexity index is 378. The lowest BCUT2D eigenvalue weighted by Crippen LogP contribution is -2.25. The third kappa shape index (κ3) is 3.24. The quantitative estimate of drug-likeness (QED) is 0.812. The van der Waals surface area contributed by atoms with Gasteiger partial charge in [0.1, 0.15) is 5.75 Å². The van der Waals surface area contributed by atoms with E-state index in [1.165, 1.54) is 0 Å². The van der Waals surface area contributed by atoms with E-state index in [1.54, 1.807) is 11.9 Å². The van der Waals surface area contributed by atoms with Crippen LogP contribution < -0.4 is 0 Å². The molecule has 16 heavy (non-hydrogen) atoms. The number of carboxylic acids is 1. The van der Waals surface area contributed by atoms with Crippen LogP contribution in [0.25, 0.3) is 0 Å². The lowest BCUT2D eigenvalue weighted by atomic mass is 10.1. The average Bonchev–Trinajstić information content (AvgIpc) is 2.12. The highest BCUT2D eigenvalue weighted by molar-refractivity contribution is 5.69. The monoisotopic (exact) mass is 223 g/mol. The summed E-state index contributed by atoms with van der Waals surface area (Å²) in [5.74, 6) is -0.528. The van der Waals surface area contributed by atoms with Crippen LogP contribution in [0.15, 0.2) is 12.1 Å². The summed E-state index contributed by atoms with van der Waals surface area (Å²) < 4.78 is 0. The van der Waals surface area contributed by atoms with Gasteiger partial charge in [-0.2, -0.15) is 0 Å². The number of rotatable bonds is 4. The predicted molar refractivity (Wildman–Crippen MR) is 61.6 cm³/mol.